The molecule has 0 saturated carbocycles. The molecule has 0 aliphatic carbocycles. The van der Waals surface area contributed by atoms with E-state index in [-0.39, 0.29) is 11.8 Å². The Kier molecular flexibility index (Phi) is 5.36. The standard InChI is InChI=1S/C15H15ClN2O2S/c1-10(19)14-7-6-13(21-14)8-9-17-15(20)18-12-4-2-11(16)3-5-12/h2-7H,8-9H2,1H3,(H2,17,18,20). The first-order valence-electron chi connectivity index (χ1n) is 6.44. The average molecular weight is 323 g/mol. The number of urea groups is 1. The number of nitrogens with one attached hydrogen (secondary N) is 2. The average Bonchev–Trinajstić information content (AvgIpc) is 2.90. The Bertz CT molecular complexity index is 637. The van der Waals surface area contributed by atoms with Gasteiger partial charge in [-0.1, -0.05) is 11.6 Å². The zero-order valence-electron chi connectivity index (χ0n) is 11.5. The van der Waals surface area contributed by atoms with Gasteiger partial charge in [-0.2, -0.15) is 0 Å². The highest BCUT2D eigenvalue weighted by molar-refractivity contribution is 7.14. The number of benzene rings is 1. The number of rotatable bonds is 5. The zero-order valence-corrected chi connectivity index (χ0v) is 13.1. The second-order valence-corrected chi connectivity index (χ2v) is 6.06. The third kappa shape index (κ3) is 4.88. The lowest BCUT2D eigenvalue weighted by Crippen LogP contribution is -2.30. The molecular formula is C15H15ClN2O2S. The van der Waals surface area contributed by atoms with Gasteiger partial charge in [-0.25, -0.2) is 4.79 Å². The lowest BCUT2D eigenvalue weighted by molar-refractivity contribution is 0.102. The van der Waals surface area contributed by atoms with Crippen LogP contribution in [0.1, 0.15) is 21.5 Å². The van der Waals surface area contributed by atoms with Crippen LogP contribution >= 0.6 is 22.9 Å². The number of Topliss-reactive ketones (excluding diaryl/α,β-unsaturated/α-hetero) is 1. The Labute approximate surface area is 132 Å². The number of carbonyl (C=O) groups excluding carboxylic acids is 2. The molecule has 110 valence electrons. The van der Waals surface area contributed by atoms with Gasteiger partial charge in [0.1, 0.15) is 0 Å². The van der Waals surface area contributed by atoms with Crippen molar-refractivity contribution in [2.45, 2.75) is 13.3 Å². The van der Waals surface area contributed by atoms with Crippen molar-refractivity contribution in [3.63, 3.8) is 0 Å². The van der Waals surface area contributed by atoms with Gasteiger partial charge in [0.05, 0.1) is 4.88 Å². The fraction of sp³-hybridized carbons (Fsp3) is 0.200. The van der Waals surface area contributed by atoms with E-state index in [2.05, 4.69) is 10.6 Å². The predicted octanol–water partition coefficient (Wildman–Crippen LogP) is 3.97. The highest BCUT2D eigenvalue weighted by atomic mass is 35.5. The van der Waals surface area contributed by atoms with Crippen LogP contribution in [-0.2, 0) is 6.42 Å². The lowest BCUT2D eigenvalue weighted by atomic mass is 10.3. The summed E-state index contributed by atoms with van der Waals surface area (Å²) in [6, 6.07) is 10.4. The molecular weight excluding hydrogens is 308 g/mol. The van der Waals surface area contributed by atoms with Crippen molar-refractivity contribution in [1.82, 2.24) is 5.32 Å². The van der Waals surface area contributed by atoms with Crippen LogP contribution in [0.3, 0.4) is 0 Å². The Hall–Kier alpha value is -1.85. The first-order chi connectivity index (χ1) is 10.0. The van der Waals surface area contributed by atoms with E-state index in [1.165, 1.54) is 11.3 Å². The van der Waals surface area contributed by atoms with Gasteiger partial charge in [-0.3, -0.25) is 4.79 Å². The van der Waals surface area contributed by atoms with Crippen LogP contribution in [0.25, 0.3) is 0 Å². The molecule has 1 aromatic carbocycles. The normalized spacial score (nSPS) is 10.2. The van der Waals surface area contributed by atoms with Crippen molar-refractivity contribution in [2.24, 2.45) is 0 Å². The maximum absolute atomic E-state index is 11.7. The Morgan fingerprint density at radius 1 is 1.14 bits per heavy atom. The van der Waals surface area contributed by atoms with Crippen LogP contribution in [0.15, 0.2) is 36.4 Å². The lowest BCUT2D eigenvalue weighted by Gasteiger charge is -2.07. The second kappa shape index (κ2) is 7.24. The summed E-state index contributed by atoms with van der Waals surface area (Å²) in [7, 11) is 0. The smallest absolute Gasteiger partial charge is 0.319 e. The van der Waals surface area contributed by atoms with Gasteiger partial charge < -0.3 is 10.6 Å². The molecule has 0 saturated heterocycles. The first kappa shape index (κ1) is 15.5. The van der Waals surface area contributed by atoms with E-state index < -0.39 is 0 Å². The minimum atomic E-state index is -0.263. The number of ketones is 1. The number of carbonyl (C=O) groups is 2. The number of hydrogen-bond donors (Lipinski definition) is 2. The molecule has 2 rings (SSSR count). The maximum Gasteiger partial charge on any atom is 0.319 e. The second-order valence-electron chi connectivity index (χ2n) is 4.46. The quantitative estimate of drug-likeness (QED) is 0.818. The van der Waals surface area contributed by atoms with Gasteiger partial charge in [-0.15, -0.1) is 11.3 Å². The van der Waals surface area contributed by atoms with Gasteiger partial charge in [0, 0.05) is 22.1 Å². The summed E-state index contributed by atoms with van der Waals surface area (Å²) in [4.78, 5) is 24.7. The monoisotopic (exact) mass is 322 g/mol. The molecule has 0 radical (unpaired) electrons. The van der Waals surface area contributed by atoms with Crippen molar-refractivity contribution in [1.29, 1.82) is 0 Å². The molecule has 2 amide bonds. The van der Waals surface area contributed by atoms with Crippen molar-refractivity contribution < 1.29 is 9.59 Å². The molecule has 6 heteroatoms. The molecule has 2 N–H and O–H groups in total. The summed E-state index contributed by atoms with van der Waals surface area (Å²) >= 11 is 7.24. The van der Waals surface area contributed by atoms with E-state index in [0.717, 1.165) is 9.75 Å². The van der Waals surface area contributed by atoms with E-state index in [4.69, 9.17) is 11.6 Å². The van der Waals surface area contributed by atoms with Crippen LogP contribution in [0.5, 0.6) is 0 Å². The van der Waals surface area contributed by atoms with E-state index in [1.807, 2.05) is 12.1 Å². The third-order valence-corrected chi connectivity index (χ3v) is 4.27. The molecule has 0 fully saturated rings. The zero-order chi connectivity index (χ0) is 15.2. The van der Waals surface area contributed by atoms with Gasteiger partial charge in [0.25, 0.3) is 0 Å². The van der Waals surface area contributed by atoms with Crippen molar-refractivity contribution in [3.8, 4) is 0 Å². The van der Waals surface area contributed by atoms with Crippen LogP contribution in [0, 0.1) is 0 Å². The number of halogens is 1. The molecule has 0 aliphatic heterocycles. The topological polar surface area (TPSA) is 58.2 Å². The predicted molar refractivity (Wildman–Crippen MR) is 86.5 cm³/mol. The van der Waals surface area contributed by atoms with Gasteiger partial charge >= 0.3 is 6.03 Å². The number of amides is 2. The SMILES string of the molecule is CC(=O)c1ccc(CCNC(=O)Nc2ccc(Cl)cc2)s1. The summed E-state index contributed by atoms with van der Waals surface area (Å²) in [5.41, 5.74) is 0.687. The van der Waals surface area contributed by atoms with Crippen LogP contribution < -0.4 is 10.6 Å². The van der Waals surface area contributed by atoms with Crippen molar-refractivity contribution >= 4 is 40.4 Å². The van der Waals surface area contributed by atoms with Crippen molar-refractivity contribution in [3.05, 3.63) is 51.2 Å². The third-order valence-electron chi connectivity index (χ3n) is 2.77. The number of hydrogen-bond acceptors (Lipinski definition) is 3. The molecule has 0 aliphatic rings. The summed E-state index contributed by atoms with van der Waals surface area (Å²) < 4.78 is 0. The van der Waals surface area contributed by atoms with Crippen LogP contribution in [0.4, 0.5) is 10.5 Å². The van der Waals surface area contributed by atoms with Crippen LogP contribution in [0.2, 0.25) is 5.02 Å². The Morgan fingerprint density at radius 3 is 2.48 bits per heavy atom. The minimum absolute atomic E-state index is 0.0692. The highest BCUT2D eigenvalue weighted by Crippen LogP contribution is 2.17. The van der Waals surface area contributed by atoms with E-state index in [9.17, 15) is 9.59 Å². The summed E-state index contributed by atoms with van der Waals surface area (Å²) in [6.07, 6.45) is 0.700. The van der Waals surface area contributed by atoms with Gasteiger partial charge in [0.15, 0.2) is 5.78 Å². The van der Waals surface area contributed by atoms with E-state index in [0.29, 0.717) is 23.7 Å². The highest BCUT2D eigenvalue weighted by Gasteiger charge is 2.05. The molecule has 0 bridgehead atoms. The maximum atomic E-state index is 11.7. The molecule has 1 aromatic heterocycles. The van der Waals surface area contributed by atoms with Crippen molar-refractivity contribution in [2.75, 3.05) is 11.9 Å². The fourth-order valence-corrected chi connectivity index (χ4v) is 2.74. The van der Waals surface area contributed by atoms with Crippen LogP contribution in [-0.4, -0.2) is 18.4 Å². The number of thiophene rings is 1. The molecule has 21 heavy (non-hydrogen) atoms. The summed E-state index contributed by atoms with van der Waals surface area (Å²) in [5, 5.41) is 6.12. The summed E-state index contributed by atoms with van der Waals surface area (Å²) in [6.45, 7) is 2.06. The molecule has 0 atom stereocenters. The number of anilines is 1. The summed E-state index contributed by atoms with van der Waals surface area (Å²) in [5.74, 6) is 0.0692. The Balaban J connectivity index is 1.76. The minimum Gasteiger partial charge on any atom is -0.338 e. The van der Waals surface area contributed by atoms with Gasteiger partial charge in [-0.05, 0) is 49.7 Å². The molecule has 4 nitrogen and oxygen atoms in total. The Morgan fingerprint density at radius 2 is 1.86 bits per heavy atom. The largest absolute Gasteiger partial charge is 0.338 e. The van der Waals surface area contributed by atoms with Gasteiger partial charge in [0.2, 0.25) is 0 Å². The first-order valence-corrected chi connectivity index (χ1v) is 7.64. The molecule has 2 aromatic rings. The molecule has 1 heterocycles. The van der Waals surface area contributed by atoms with E-state index >= 15 is 0 Å². The van der Waals surface area contributed by atoms with E-state index in [1.54, 1.807) is 31.2 Å². The molecule has 0 spiro atoms. The molecule has 0 unspecified atom stereocenters. The fourth-order valence-electron chi connectivity index (χ4n) is 1.71.